The van der Waals surface area contributed by atoms with E-state index in [1.165, 1.54) is 61.2 Å². The van der Waals surface area contributed by atoms with Gasteiger partial charge in [0.15, 0.2) is 23.0 Å². The normalized spacial score (nSPS) is 18.0. The Bertz CT molecular complexity index is 3320. The monoisotopic (exact) mass is 821 g/mol. The van der Waals surface area contributed by atoms with E-state index in [1.54, 1.807) is 0 Å². The third kappa shape index (κ3) is 5.47. The molecule has 0 amide bonds. The second-order valence-corrected chi connectivity index (χ2v) is 17.3. The molecule has 2 atom stereocenters. The number of anilines is 3. The van der Waals surface area contributed by atoms with Crippen LogP contribution in [0.5, 0.6) is 23.0 Å². The molecule has 304 valence electrons. The van der Waals surface area contributed by atoms with Crippen LogP contribution in [-0.4, -0.2) is 0 Å². The number of nitrogens with zero attached hydrogens (tertiary/aromatic N) is 1. The molecule has 0 aromatic heterocycles. The van der Waals surface area contributed by atoms with Crippen molar-refractivity contribution in [1.82, 2.24) is 0 Å². The average Bonchev–Trinajstić information content (AvgIpc) is 3.83. The lowest BCUT2D eigenvalue weighted by atomic mass is 9.65. The number of ether oxygens (including phenoxy) is 2. The molecule has 0 N–H and O–H groups in total. The Morgan fingerprint density at radius 2 is 1.12 bits per heavy atom. The molecule has 8 aromatic carbocycles. The number of hydrogen-bond donors (Lipinski definition) is 0. The zero-order valence-corrected chi connectivity index (χ0v) is 35.2. The summed E-state index contributed by atoms with van der Waals surface area (Å²) in [5.74, 6) is 3.10. The van der Waals surface area contributed by atoms with Crippen molar-refractivity contribution in [3.05, 3.63) is 246 Å². The summed E-state index contributed by atoms with van der Waals surface area (Å²) in [5.41, 5.74) is 19.0. The Morgan fingerprint density at radius 1 is 0.469 bits per heavy atom. The molecule has 1 heterocycles. The smallest absolute Gasteiger partial charge is 0.194 e. The molecule has 1 aliphatic heterocycles. The molecule has 0 saturated carbocycles. The Hall–Kier alpha value is -7.88. The minimum atomic E-state index is -0.357. The van der Waals surface area contributed by atoms with Gasteiger partial charge in [-0.2, -0.15) is 0 Å². The number of para-hydroxylation sites is 2. The first-order valence-electron chi connectivity index (χ1n) is 22.5. The lowest BCUT2D eigenvalue weighted by molar-refractivity contribution is 0.359. The third-order valence-corrected chi connectivity index (χ3v) is 14.0. The van der Waals surface area contributed by atoms with E-state index in [1.807, 2.05) is 6.07 Å². The summed E-state index contributed by atoms with van der Waals surface area (Å²) < 4.78 is 14.3. The zero-order chi connectivity index (χ0) is 42.2. The standard InChI is InChI=1S/C61H43NO2/c1-3-18-40(19-4-1)44-22-7-8-23-45(44)42-34-36-43(37-35-42)62(55-31-16-12-24-46(55)41-20-5-2-6-21-41)56-32-17-33-57-60(56)64-59-39-54-50(38-58(59)63-57)49-27-11-15-30-53(49)61(54)51-28-13-9-25-47(51)48-26-10-14-29-52(48)61/h1,3-5,7-28,30-39,52H,2,6,29H2. The van der Waals surface area contributed by atoms with Crippen molar-refractivity contribution in [2.24, 2.45) is 5.92 Å². The highest BCUT2D eigenvalue weighted by atomic mass is 16.6. The minimum Gasteiger partial charge on any atom is -0.449 e. The molecule has 0 radical (unpaired) electrons. The van der Waals surface area contributed by atoms with Crippen LogP contribution in [0.25, 0.3) is 44.5 Å². The van der Waals surface area contributed by atoms with E-state index >= 15 is 0 Å². The number of allylic oxidation sites excluding steroid dienone is 8. The van der Waals surface area contributed by atoms with E-state index in [0.29, 0.717) is 11.5 Å². The average molecular weight is 822 g/mol. The Labute approximate surface area is 374 Å². The molecule has 3 heteroatoms. The second-order valence-electron chi connectivity index (χ2n) is 17.3. The first-order chi connectivity index (χ1) is 31.8. The predicted octanol–water partition coefficient (Wildman–Crippen LogP) is 16.4. The highest BCUT2D eigenvalue weighted by Crippen LogP contribution is 2.67. The van der Waals surface area contributed by atoms with Gasteiger partial charge in [-0.1, -0.05) is 176 Å². The molecule has 8 aromatic rings. The number of rotatable bonds is 6. The van der Waals surface area contributed by atoms with Gasteiger partial charge in [0.25, 0.3) is 0 Å². The minimum absolute atomic E-state index is 0.264. The van der Waals surface area contributed by atoms with Gasteiger partial charge in [-0.15, -0.1) is 0 Å². The van der Waals surface area contributed by atoms with Gasteiger partial charge in [-0.05, 0) is 129 Å². The van der Waals surface area contributed by atoms with Gasteiger partial charge in [0.2, 0.25) is 0 Å². The predicted molar refractivity (Wildman–Crippen MR) is 262 cm³/mol. The molecular weight excluding hydrogens is 779 g/mol. The van der Waals surface area contributed by atoms with Crippen LogP contribution in [0.4, 0.5) is 17.1 Å². The van der Waals surface area contributed by atoms with Crippen molar-refractivity contribution in [2.75, 3.05) is 4.90 Å². The van der Waals surface area contributed by atoms with Gasteiger partial charge in [0.05, 0.1) is 16.8 Å². The molecule has 13 rings (SSSR count). The summed E-state index contributed by atoms with van der Waals surface area (Å²) in [4.78, 5) is 2.35. The topological polar surface area (TPSA) is 21.7 Å². The van der Waals surface area contributed by atoms with Crippen LogP contribution in [0.3, 0.4) is 0 Å². The van der Waals surface area contributed by atoms with Crippen LogP contribution >= 0.6 is 0 Å². The second kappa shape index (κ2) is 14.6. The van der Waals surface area contributed by atoms with Crippen molar-refractivity contribution < 1.29 is 9.47 Å². The number of fused-ring (bicyclic) bond motifs is 12. The highest BCUT2D eigenvalue weighted by Gasteiger charge is 2.56. The van der Waals surface area contributed by atoms with Crippen LogP contribution in [0.1, 0.15) is 47.1 Å². The third-order valence-electron chi connectivity index (χ3n) is 14.0. The van der Waals surface area contributed by atoms with Crippen LogP contribution in [0.2, 0.25) is 0 Å². The summed E-state index contributed by atoms with van der Waals surface area (Å²) in [6.45, 7) is 0. The molecule has 3 nitrogen and oxygen atoms in total. The van der Waals surface area contributed by atoms with Crippen molar-refractivity contribution in [1.29, 1.82) is 0 Å². The van der Waals surface area contributed by atoms with Crippen LogP contribution in [0, 0.1) is 5.92 Å². The van der Waals surface area contributed by atoms with Crippen molar-refractivity contribution in [2.45, 2.75) is 24.7 Å². The van der Waals surface area contributed by atoms with E-state index < -0.39 is 0 Å². The molecule has 0 fully saturated rings. The molecule has 4 aliphatic carbocycles. The maximum Gasteiger partial charge on any atom is 0.194 e. The fraction of sp³-hybridized carbons (Fsp3) is 0.0820. The van der Waals surface area contributed by atoms with Gasteiger partial charge < -0.3 is 14.4 Å². The summed E-state index contributed by atoms with van der Waals surface area (Å²) in [7, 11) is 0. The summed E-state index contributed by atoms with van der Waals surface area (Å²) in [5, 5.41) is 0. The van der Waals surface area contributed by atoms with Crippen molar-refractivity contribution in [3.8, 4) is 56.4 Å². The fourth-order valence-electron chi connectivity index (χ4n) is 11.3. The molecule has 64 heavy (non-hydrogen) atoms. The van der Waals surface area contributed by atoms with E-state index in [4.69, 9.17) is 9.47 Å². The SMILES string of the molecule is C1=CCC2C(=C1)c1ccccc1C21c2ccccc2-c2cc3c(cc21)Oc1c(cccc1N(c1ccc(-c2ccccc2-c2ccccc2)cc1)c1ccccc1C1=CCCC=C1)O3. The van der Waals surface area contributed by atoms with Crippen LogP contribution < -0.4 is 14.4 Å². The Kier molecular flexibility index (Phi) is 8.39. The lowest BCUT2D eigenvalue weighted by Crippen LogP contribution is -2.32. The first-order valence-corrected chi connectivity index (χ1v) is 22.5. The lowest BCUT2D eigenvalue weighted by Gasteiger charge is -2.36. The molecule has 0 bridgehead atoms. The zero-order valence-electron chi connectivity index (χ0n) is 35.2. The van der Waals surface area contributed by atoms with Crippen molar-refractivity contribution in [3.63, 3.8) is 0 Å². The number of hydrogen-bond acceptors (Lipinski definition) is 3. The van der Waals surface area contributed by atoms with E-state index in [-0.39, 0.29) is 11.3 Å². The van der Waals surface area contributed by atoms with Crippen LogP contribution in [0.15, 0.2) is 218 Å². The molecule has 0 saturated heterocycles. The first kappa shape index (κ1) is 36.7. The van der Waals surface area contributed by atoms with Crippen molar-refractivity contribution >= 4 is 28.2 Å². The molecule has 5 aliphatic rings. The summed E-state index contributed by atoms with van der Waals surface area (Å²) >= 11 is 0. The largest absolute Gasteiger partial charge is 0.449 e. The quantitative estimate of drug-likeness (QED) is 0.167. The fourth-order valence-corrected chi connectivity index (χ4v) is 11.3. The summed E-state index contributed by atoms with van der Waals surface area (Å²) in [6.07, 6.45) is 16.8. The number of benzene rings is 8. The van der Waals surface area contributed by atoms with Gasteiger partial charge >= 0.3 is 0 Å². The van der Waals surface area contributed by atoms with Gasteiger partial charge in [-0.3, -0.25) is 0 Å². The maximum absolute atomic E-state index is 7.30. The molecule has 2 unspecified atom stereocenters. The Balaban J connectivity index is 0.968. The summed E-state index contributed by atoms with van der Waals surface area (Å²) in [6, 6.07) is 65.9. The van der Waals surface area contributed by atoms with E-state index in [9.17, 15) is 0 Å². The van der Waals surface area contributed by atoms with Gasteiger partial charge in [-0.25, -0.2) is 0 Å². The maximum atomic E-state index is 7.30. The molecule has 1 spiro atoms. The van der Waals surface area contributed by atoms with Gasteiger partial charge in [0.1, 0.15) is 0 Å². The Morgan fingerprint density at radius 3 is 1.91 bits per heavy atom. The highest BCUT2D eigenvalue weighted by molar-refractivity contribution is 5.95. The van der Waals surface area contributed by atoms with E-state index in [0.717, 1.165) is 59.0 Å². The van der Waals surface area contributed by atoms with Gasteiger partial charge in [0, 0.05) is 17.2 Å². The van der Waals surface area contributed by atoms with Crippen LogP contribution in [-0.2, 0) is 5.41 Å². The van der Waals surface area contributed by atoms with E-state index in [2.05, 4.69) is 217 Å². The molecular formula is C61H43NO2.